The minimum Gasteiger partial charge on any atom is -0.554 e. The SMILES string of the molecule is O=C[O-].O=C[O-].[Se+2]. The molecule has 4 radical (unpaired) electrons. The van der Waals surface area contributed by atoms with Gasteiger partial charge in [-0.2, -0.15) is 0 Å². The first kappa shape index (κ1) is 16.1. The maximum Gasteiger partial charge on any atom is 2.00 e. The van der Waals surface area contributed by atoms with Gasteiger partial charge in [-0.3, -0.25) is 0 Å². The summed E-state index contributed by atoms with van der Waals surface area (Å²) in [6.45, 7) is -1.00. The normalized spacial score (nSPS) is 3.43. The topological polar surface area (TPSA) is 80.3 Å². The van der Waals surface area contributed by atoms with Crippen molar-refractivity contribution in [2.75, 3.05) is 0 Å². The molecule has 40 valence electrons. The minimum atomic E-state index is -0.500. The molecular weight excluding hydrogens is 167 g/mol. The average molecular weight is 169 g/mol. The van der Waals surface area contributed by atoms with Crippen molar-refractivity contribution in [3.63, 3.8) is 0 Å². The van der Waals surface area contributed by atoms with Crippen molar-refractivity contribution in [1.29, 1.82) is 0 Å². The molecule has 0 heterocycles. The molecule has 0 aromatic rings. The van der Waals surface area contributed by atoms with Gasteiger partial charge in [0.2, 0.25) is 0 Å². The van der Waals surface area contributed by atoms with Crippen LogP contribution in [-0.4, -0.2) is 30.0 Å². The van der Waals surface area contributed by atoms with E-state index in [0.717, 1.165) is 0 Å². The predicted octanol–water partition coefficient (Wildman–Crippen LogP) is -3.65. The van der Waals surface area contributed by atoms with Crippen LogP contribution in [0.2, 0.25) is 0 Å². The van der Waals surface area contributed by atoms with E-state index in [1.165, 1.54) is 0 Å². The van der Waals surface area contributed by atoms with E-state index in [9.17, 15) is 0 Å². The summed E-state index contributed by atoms with van der Waals surface area (Å²) in [4.78, 5) is 16.5. The molecule has 0 aliphatic heterocycles. The van der Waals surface area contributed by atoms with Crippen molar-refractivity contribution in [2.24, 2.45) is 0 Å². The molecule has 0 spiro atoms. The van der Waals surface area contributed by atoms with Crippen LogP contribution in [0.15, 0.2) is 0 Å². The number of carboxylic acid groups (broad SMARTS) is 2. The molecule has 0 aliphatic rings. The van der Waals surface area contributed by atoms with Crippen LogP contribution in [-0.2, 0) is 9.59 Å². The number of hydrogen-bond acceptors (Lipinski definition) is 4. The first-order chi connectivity index (χ1) is 2.83. The Bertz CT molecular complexity index is 30.7. The molecule has 0 amide bonds. The van der Waals surface area contributed by atoms with Gasteiger partial charge in [-0.1, -0.05) is 0 Å². The molecule has 0 unspecified atom stereocenters. The summed E-state index contributed by atoms with van der Waals surface area (Å²) in [6, 6.07) is 0. The Hall–Kier alpha value is -0.541. The second-order valence-electron chi connectivity index (χ2n) is 0.192. The zero-order valence-electron chi connectivity index (χ0n) is 3.20. The van der Waals surface area contributed by atoms with Gasteiger partial charge in [0, 0.05) is 12.9 Å². The summed E-state index contributed by atoms with van der Waals surface area (Å²) in [7, 11) is 0. The number of hydrogen-bond donors (Lipinski definition) is 0. The minimum absolute atomic E-state index is 0. The molecule has 0 N–H and O–H groups in total. The summed E-state index contributed by atoms with van der Waals surface area (Å²) in [5.41, 5.74) is 0. The van der Waals surface area contributed by atoms with E-state index in [0.29, 0.717) is 0 Å². The van der Waals surface area contributed by atoms with E-state index in [4.69, 9.17) is 19.8 Å². The molecule has 0 rings (SSSR count). The molecular formula is C2H2O4Se. The largest absolute Gasteiger partial charge is 2.00 e. The molecule has 5 heteroatoms. The molecule has 4 nitrogen and oxygen atoms in total. The first-order valence-corrected chi connectivity index (χ1v) is 0.943. The zero-order valence-corrected chi connectivity index (χ0v) is 4.91. The summed E-state index contributed by atoms with van der Waals surface area (Å²) in [5, 5.41) is 16.5. The van der Waals surface area contributed by atoms with E-state index < -0.39 is 12.9 Å². The maximum atomic E-state index is 8.25. The van der Waals surface area contributed by atoms with Crippen LogP contribution < -0.4 is 10.2 Å². The standard InChI is InChI=1S/2CH2O2.Se/c2*2-1-3;/h2*1H,(H,2,3);/q;;+2/p-2. The van der Waals surface area contributed by atoms with Gasteiger partial charge < -0.3 is 19.8 Å². The smallest absolute Gasteiger partial charge is 0.554 e. The Balaban J connectivity index is -0.0000000400. The third kappa shape index (κ3) is 224. The number of carbonyl (C=O) groups excluding carboxylic acids is 2. The van der Waals surface area contributed by atoms with Crippen molar-refractivity contribution in [1.82, 2.24) is 0 Å². The maximum absolute atomic E-state index is 8.25. The van der Waals surface area contributed by atoms with E-state index in [1.54, 1.807) is 0 Å². The van der Waals surface area contributed by atoms with E-state index in [2.05, 4.69) is 0 Å². The van der Waals surface area contributed by atoms with Crippen LogP contribution in [0, 0.1) is 0 Å². The van der Waals surface area contributed by atoms with E-state index in [1.807, 2.05) is 0 Å². The van der Waals surface area contributed by atoms with Gasteiger partial charge in [0.05, 0.1) is 0 Å². The summed E-state index contributed by atoms with van der Waals surface area (Å²) in [5.74, 6) is 0. The Labute approximate surface area is 50.6 Å². The van der Waals surface area contributed by atoms with Crippen LogP contribution in [0.1, 0.15) is 0 Å². The number of rotatable bonds is 0. The van der Waals surface area contributed by atoms with Crippen LogP contribution in [0.25, 0.3) is 0 Å². The quantitative estimate of drug-likeness (QED) is 0.276. The third-order valence-corrected chi connectivity index (χ3v) is 0. The fourth-order valence-electron chi connectivity index (χ4n) is 0. The fourth-order valence-corrected chi connectivity index (χ4v) is 0. The molecule has 0 saturated heterocycles. The Morgan fingerprint density at radius 2 is 1.00 bits per heavy atom. The molecule has 0 bridgehead atoms. The van der Waals surface area contributed by atoms with Crippen molar-refractivity contribution in [2.45, 2.75) is 0 Å². The predicted molar refractivity (Wildman–Crippen MR) is 17.9 cm³/mol. The Morgan fingerprint density at radius 3 is 1.00 bits per heavy atom. The fraction of sp³-hybridized carbons (Fsp3) is 0. The van der Waals surface area contributed by atoms with Crippen LogP contribution >= 0.6 is 0 Å². The van der Waals surface area contributed by atoms with Gasteiger partial charge in [-0.15, -0.1) is 0 Å². The Morgan fingerprint density at radius 1 is 1.00 bits per heavy atom. The molecule has 0 saturated carbocycles. The third-order valence-electron chi connectivity index (χ3n) is 0. The van der Waals surface area contributed by atoms with Gasteiger partial charge in [0.1, 0.15) is 0 Å². The number of carbonyl (C=O) groups is 2. The monoisotopic (exact) mass is 170 g/mol. The van der Waals surface area contributed by atoms with Crippen molar-refractivity contribution < 1.29 is 19.8 Å². The van der Waals surface area contributed by atoms with Crippen molar-refractivity contribution in [3.05, 3.63) is 0 Å². The van der Waals surface area contributed by atoms with Gasteiger partial charge in [0.15, 0.2) is 0 Å². The molecule has 0 atom stereocenters. The average Bonchev–Trinajstić information content (AvgIpc) is 1.39. The molecule has 0 aromatic heterocycles. The van der Waals surface area contributed by atoms with Crippen molar-refractivity contribution in [3.8, 4) is 0 Å². The van der Waals surface area contributed by atoms with Crippen molar-refractivity contribution >= 4 is 30.0 Å². The second kappa shape index (κ2) is 51.0. The van der Waals surface area contributed by atoms with E-state index >= 15 is 0 Å². The van der Waals surface area contributed by atoms with Crippen LogP contribution in [0.3, 0.4) is 0 Å². The molecule has 0 aliphatic carbocycles. The summed E-state index contributed by atoms with van der Waals surface area (Å²) >= 11 is 0. The molecule has 0 fully saturated rings. The van der Waals surface area contributed by atoms with Crippen LogP contribution in [0.4, 0.5) is 0 Å². The zero-order chi connectivity index (χ0) is 5.41. The van der Waals surface area contributed by atoms with E-state index in [-0.39, 0.29) is 17.1 Å². The molecule has 7 heavy (non-hydrogen) atoms. The second-order valence-corrected chi connectivity index (χ2v) is 0.192. The van der Waals surface area contributed by atoms with Gasteiger partial charge in [-0.05, 0) is 0 Å². The molecule has 0 aromatic carbocycles. The first-order valence-electron chi connectivity index (χ1n) is 0.943. The van der Waals surface area contributed by atoms with Gasteiger partial charge in [0.25, 0.3) is 0 Å². The van der Waals surface area contributed by atoms with Gasteiger partial charge in [-0.25, -0.2) is 0 Å². The Kier molecular flexibility index (Phi) is 117. The summed E-state index contributed by atoms with van der Waals surface area (Å²) < 4.78 is 0. The van der Waals surface area contributed by atoms with Gasteiger partial charge >= 0.3 is 17.1 Å². The van der Waals surface area contributed by atoms with Crippen LogP contribution in [0.5, 0.6) is 0 Å². The summed E-state index contributed by atoms with van der Waals surface area (Å²) in [6.07, 6.45) is 0.